The number of non-ortho nitro benzene ring substituents is 1. The van der Waals surface area contributed by atoms with Crippen LogP contribution in [0.5, 0.6) is 0 Å². The number of nitrogens with one attached hydrogen (secondary N) is 1. The topological polar surface area (TPSA) is 135 Å². The largest absolute Gasteiger partial charge is 0.457 e. The molecule has 0 aliphatic rings. The highest BCUT2D eigenvalue weighted by Gasteiger charge is 2.15. The highest BCUT2D eigenvalue weighted by atomic mass is 32.1. The Balaban J connectivity index is 1.78. The maximum atomic E-state index is 12.4. The number of nitrogens with zero attached hydrogens (tertiary/aromatic N) is 4. The van der Waals surface area contributed by atoms with Crippen LogP contribution in [0.25, 0.3) is 17.4 Å². The fraction of sp³-hybridized carbons (Fsp3) is 0.200. The number of hydrogen-bond acceptors (Lipinski definition) is 8. The van der Waals surface area contributed by atoms with Crippen molar-refractivity contribution in [3.05, 3.63) is 62.4 Å². The monoisotopic (exact) mass is 423 g/mol. The second-order valence-electron chi connectivity index (χ2n) is 6.33. The molecule has 0 aliphatic heterocycles. The Hall–Kier alpha value is -3.84. The van der Waals surface area contributed by atoms with Crippen molar-refractivity contribution in [1.29, 1.82) is 5.26 Å². The number of furan rings is 1. The van der Waals surface area contributed by atoms with Crippen molar-refractivity contribution in [3.8, 4) is 17.4 Å². The van der Waals surface area contributed by atoms with Crippen LogP contribution in [-0.2, 0) is 11.2 Å². The van der Waals surface area contributed by atoms with Gasteiger partial charge in [-0.3, -0.25) is 20.2 Å². The van der Waals surface area contributed by atoms with E-state index in [1.807, 2.05) is 13.0 Å². The molecule has 9 nitrogen and oxygen atoms in total. The van der Waals surface area contributed by atoms with Gasteiger partial charge < -0.3 is 4.42 Å². The standard InChI is InChI=1S/C20H17N5O4S/c1-3-4-18-23-24-20(30-18)22-19(26)13(11-21)10-15-6-8-17(29-15)16-7-5-14(25(27)28)9-12(16)2/h5-10H,3-4H2,1-2H3,(H,22,24,26)/b13-10-. The van der Waals surface area contributed by atoms with Crippen LogP contribution in [0, 0.1) is 28.4 Å². The molecule has 152 valence electrons. The average molecular weight is 423 g/mol. The van der Waals surface area contributed by atoms with Crippen LogP contribution in [0.3, 0.4) is 0 Å². The Bertz CT molecular complexity index is 1170. The summed E-state index contributed by atoms with van der Waals surface area (Å²) >= 11 is 1.26. The van der Waals surface area contributed by atoms with Crippen LogP contribution in [0.4, 0.5) is 10.8 Å². The normalized spacial score (nSPS) is 11.2. The molecule has 0 spiro atoms. The Morgan fingerprint density at radius 2 is 2.17 bits per heavy atom. The number of nitro groups is 1. The Morgan fingerprint density at radius 1 is 1.37 bits per heavy atom. The van der Waals surface area contributed by atoms with Crippen molar-refractivity contribution in [1.82, 2.24) is 10.2 Å². The lowest BCUT2D eigenvalue weighted by Gasteiger charge is -2.02. The van der Waals surface area contributed by atoms with E-state index in [0.717, 1.165) is 17.8 Å². The van der Waals surface area contributed by atoms with Gasteiger partial charge in [0, 0.05) is 30.2 Å². The summed E-state index contributed by atoms with van der Waals surface area (Å²) in [6.07, 6.45) is 3.01. The zero-order chi connectivity index (χ0) is 21.7. The molecule has 10 heteroatoms. The zero-order valence-electron chi connectivity index (χ0n) is 16.2. The van der Waals surface area contributed by atoms with Gasteiger partial charge in [-0.25, -0.2) is 0 Å². The van der Waals surface area contributed by atoms with Gasteiger partial charge in [0.15, 0.2) is 0 Å². The van der Waals surface area contributed by atoms with Gasteiger partial charge in [-0.2, -0.15) is 5.26 Å². The van der Waals surface area contributed by atoms with Gasteiger partial charge in [0.25, 0.3) is 11.6 Å². The van der Waals surface area contributed by atoms with E-state index in [0.29, 0.717) is 27.8 Å². The van der Waals surface area contributed by atoms with E-state index in [9.17, 15) is 20.2 Å². The van der Waals surface area contributed by atoms with E-state index in [1.165, 1.54) is 29.5 Å². The van der Waals surface area contributed by atoms with Crippen LogP contribution in [0.1, 0.15) is 29.7 Å². The second-order valence-corrected chi connectivity index (χ2v) is 7.40. The molecule has 0 saturated carbocycles. The molecule has 1 aromatic carbocycles. The van der Waals surface area contributed by atoms with Gasteiger partial charge in [-0.1, -0.05) is 18.3 Å². The molecule has 3 aromatic rings. The third-order valence-corrected chi connectivity index (χ3v) is 5.01. The molecular formula is C20H17N5O4S. The lowest BCUT2D eigenvalue weighted by molar-refractivity contribution is -0.384. The molecule has 2 heterocycles. The molecule has 2 aromatic heterocycles. The lowest BCUT2D eigenvalue weighted by atomic mass is 10.1. The molecular weight excluding hydrogens is 406 g/mol. The number of aromatic nitrogens is 2. The van der Waals surface area contributed by atoms with Crippen LogP contribution < -0.4 is 5.32 Å². The van der Waals surface area contributed by atoms with Crippen LogP contribution in [0.2, 0.25) is 0 Å². The zero-order valence-corrected chi connectivity index (χ0v) is 17.0. The molecule has 0 aliphatic carbocycles. The van der Waals surface area contributed by atoms with Crippen LogP contribution in [-0.4, -0.2) is 21.0 Å². The molecule has 30 heavy (non-hydrogen) atoms. The van der Waals surface area contributed by atoms with Gasteiger partial charge in [0.05, 0.1) is 4.92 Å². The lowest BCUT2D eigenvalue weighted by Crippen LogP contribution is -2.13. The third kappa shape index (κ3) is 4.76. The Morgan fingerprint density at radius 3 is 2.83 bits per heavy atom. The number of rotatable bonds is 7. The molecule has 0 bridgehead atoms. The summed E-state index contributed by atoms with van der Waals surface area (Å²) in [6, 6.07) is 9.59. The van der Waals surface area contributed by atoms with Gasteiger partial charge in [0.1, 0.15) is 28.2 Å². The molecule has 0 saturated heterocycles. The Kier molecular flexibility index (Phi) is 6.34. The minimum atomic E-state index is -0.610. The second kappa shape index (κ2) is 9.11. The fourth-order valence-corrected chi connectivity index (χ4v) is 3.52. The molecule has 1 amide bonds. The number of hydrogen-bond donors (Lipinski definition) is 1. The van der Waals surface area contributed by atoms with Gasteiger partial charge in [-0.15, -0.1) is 10.2 Å². The minimum absolute atomic E-state index is 0.00914. The van der Waals surface area contributed by atoms with Crippen molar-refractivity contribution in [2.75, 3.05) is 5.32 Å². The SMILES string of the molecule is CCCc1nnc(NC(=O)/C(C#N)=C\c2ccc(-c3ccc([N+](=O)[O-])cc3C)o2)s1. The van der Waals surface area contributed by atoms with Crippen molar-refractivity contribution in [3.63, 3.8) is 0 Å². The first kappa shape index (κ1) is 20.9. The number of aryl methyl sites for hydroxylation is 2. The van der Waals surface area contributed by atoms with E-state index < -0.39 is 10.8 Å². The molecule has 1 N–H and O–H groups in total. The summed E-state index contributed by atoms with van der Waals surface area (Å²) in [5.41, 5.74) is 1.20. The molecule has 0 unspecified atom stereocenters. The predicted molar refractivity (Wildman–Crippen MR) is 112 cm³/mol. The maximum Gasteiger partial charge on any atom is 0.269 e. The van der Waals surface area contributed by atoms with Crippen LogP contribution >= 0.6 is 11.3 Å². The summed E-state index contributed by atoms with van der Waals surface area (Å²) in [4.78, 5) is 22.8. The van der Waals surface area contributed by atoms with E-state index in [2.05, 4.69) is 15.5 Å². The number of nitriles is 1. The van der Waals surface area contributed by atoms with E-state index in [-0.39, 0.29) is 11.3 Å². The van der Waals surface area contributed by atoms with Crippen molar-refractivity contribution >= 4 is 34.1 Å². The summed E-state index contributed by atoms with van der Waals surface area (Å²) in [7, 11) is 0. The van der Waals surface area contributed by atoms with Gasteiger partial charge >= 0.3 is 0 Å². The minimum Gasteiger partial charge on any atom is -0.457 e. The van der Waals surface area contributed by atoms with E-state index >= 15 is 0 Å². The summed E-state index contributed by atoms with van der Waals surface area (Å²) in [6.45, 7) is 3.76. The highest BCUT2D eigenvalue weighted by molar-refractivity contribution is 7.15. The van der Waals surface area contributed by atoms with Gasteiger partial charge in [-0.05, 0) is 37.1 Å². The van der Waals surface area contributed by atoms with E-state index in [4.69, 9.17) is 4.42 Å². The van der Waals surface area contributed by atoms with Gasteiger partial charge in [0.2, 0.25) is 5.13 Å². The first-order valence-corrected chi connectivity index (χ1v) is 9.83. The van der Waals surface area contributed by atoms with Crippen molar-refractivity contribution in [2.24, 2.45) is 0 Å². The smallest absolute Gasteiger partial charge is 0.269 e. The summed E-state index contributed by atoms with van der Waals surface area (Å²) in [5.74, 6) is 0.166. The number of amides is 1. The summed E-state index contributed by atoms with van der Waals surface area (Å²) in [5, 5.41) is 31.8. The number of anilines is 1. The predicted octanol–water partition coefficient (Wildman–Crippen LogP) is 4.51. The quantitative estimate of drug-likeness (QED) is 0.255. The highest BCUT2D eigenvalue weighted by Crippen LogP contribution is 2.29. The van der Waals surface area contributed by atoms with Crippen molar-refractivity contribution in [2.45, 2.75) is 26.7 Å². The average Bonchev–Trinajstić information content (AvgIpc) is 3.35. The summed E-state index contributed by atoms with van der Waals surface area (Å²) < 4.78 is 5.72. The first-order chi connectivity index (χ1) is 14.4. The molecule has 0 fully saturated rings. The fourth-order valence-electron chi connectivity index (χ4n) is 2.69. The van der Waals surface area contributed by atoms with Crippen molar-refractivity contribution < 1.29 is 14.1 Å². The molecule has 3 rings (SSSR count). The number of nitro benzene ring substituents is 1. The molecule has 0 atom stereocenters. The first-order valence-electron chi connectivity index (χ1n) is 9.02. The number of benzene rings is 1. The maximum absolute atomic E-state index is 12.4. The molecule has 0 radical (unpaired) electrons. The van der Waals surface area contributed by atoms with Crippen LogP contribution in [0.15, 0.2) is 40.3 Å². The van der Waals surface area contributed by atoms with E-state index in [1.54, 1.807) is 25.1 Å². The number of carbonyl (C=O) groups excluding carboxylic acids is 1. The third-order valence-electron chi connectivity index (χ3n) is 4.12. The number of carbonyl (C=O) groups is 1. The Labute approximate surface area is 175 Å².